The normalized spacial score (nSPS) is 11.0. The minimum absolute atomic E-state index is 0.0137. The molecule has 0 aliphatic rings. The number of hydrogen-bond acceptors (Lipinski definition) is 5. The van der Waals surface area contributed by atoms with Gasteiger partial charge in [-0.25, -0.2) is 9.18 Å². The second kappa shape index (κ2) is 6.44. The average Bonchev–Trinajstić information content (AvgIpc) is 2.52. The minimum atomic E-state index is -0.871. The van der Waals surface area contributed by atoms with Gasteiger partial charge in [0.25, 0.3) is 5.69 Å². The van der Waals surface area contributed by atoms with Crippen molar-refractivity contribution in [2.45, 2.75) is 0 Å². The Morgan fingerprint density at radius 2 is 1.86 bits per heavy atom. The number of nitro benzene ring substituents is 1. The van der Waals surface area contributed by atoms with E-state index in [1.54, 1.807) is 0 Å². The van der Waals surface area contributed by atoms with Gasteiger partial charge in [-0.2, -0.15) is 0 Å². The second-order valence-electron chi connectivity index (χ2n) is 4.17. The molecule has 7 nitrogen and oxygen atoms in total. The Bertz CT molecular complexity index is 744. The topological polar surface area (TPSA) is 108 Å². The summed E-state index contributed by atoms with van der Waals surface area (Å²) in [5.74, 6) is -1.59. The largest absolute Gasteiger partial charge is 0.380 e. The maximum absolute atomic E-state index is 13.0. The molecule has 2 rings (SSSR count). The monoisotopic (exact) mass is 303 g/mol. The zero-order valence-corrected chi connectivity index (χ0v) is 11.1. The van der Waals surface area contributed by atoms with Crippen LogP contribution in [-0.4, -0.2) is 16.7 Å². The van der Waals surface area contributed by atoms with Crippen molar-refractivity contribution in [3.05, 3.63) is 75.6 Å². The molecule has 0 aliphatic heterocycles. The van der Waals surface area contributed by atoms with Crippen LogP contribution in [0.2, 0.25) is 0 Å². The standard InChI is InChI=1S/C14H10FN3O4/c15-11-3-1-2-10(8-11)14(19)22-17-13(16)9-4-6-12(7-5-9)18(20)21/h1-8H,(H2,16,17). The second-order valence-corrected chi connectivity index (χ2v) is 4.17. The van der Waals surface area contributed by atoms with E-state index >= 15 is 0 Å². The molecule has 0 unspecified atom stereocenters. The predicted octanol–water partition coefficient (Wildman–Crippen LogP) is 2.21. The van der Waals surface area contributed by atoms with Gasteiger partial charge in [-0.15, -0.1) is 0 Å². The molecule has 0 saturated heterocycles. The van der Waals surface area contributed by atoms with E-state index in [0.717, 1.165) is 6.07 Å². The van der Waals surface area contributed by atoms with Crippen molar-refractivity contribution in [2.75, 3.05) is 0 Å². The first kappa shape index (κ1) is 15.1. The van der Waals surface area contributed by atoms with Gasteiger partial charge in [-0.3, -0.25) is 10.1 Å². The molecular formula is C14H10FN3O4. The number of rotatable bonds is 4. The van der Waals surface area contributed by atoms with E-state index < -0.39 is 16.7 Å². The lowest BCUT2D eigenvalue weighted by atomic mass is 10.2. The minimum Gasteiger partial charge on any atom is -0.380 e. The molecule has 22 heavy (non-hydrogen) atoms. The highest BCUT2D eigenvalue weighted by atomic mass is 19.1. The number of nitrogens with two attached hydrogens (primary N) is 1. The first-order valence-corrected chi connectivity index (χ1v) is 6.02. The Labute approximate surface area is 124 Å². The van der Waals surface area contributed by atoms with E-state index in [1.807, 2.05) is 0 Å². The van der Waals surface area contributed by atoms with Crippen molar-refractivity contribution in [3.8, 4) is 0 Å². The third kappa shape index (κ3) is 3.63. The third-order valence-corrected chi connectivity index (χ3v) is 2.66. The van der Waals surface area contributed by atoms with Crippen molar-refractivity contribution < 1.29 is 18.9 Å². The quantitative estimate of drug-likeness (QED) is 0.306. The number of benzene rings is 2. The summed E-state index contributed by atoms with van der Waals surface area (Å²) in [5.41, 5.74) is 5.83. The number of nitro groups is 1. The van der Waals surface area contributed by atoms with Gasteiger partial charge < -0.3 is 10.6 Å². The molecule has 0 heterocycles. The fraction of sp³-hybridized carbons (Fsp3) is 0. The maximum Gasteiger partial charge on any atom is 0.365 e. The molecule has 0 saturated carbocycles. The number of hydrogen-bond donors (Lipinski definition) is 1. The van der Waals surface area contributed by atoms with Crippen molar-refractivity contribution in [1.29, 1.82) is 0 Å². The Hall–Kier alpha value is -3.29. The van der Waals surface area contributed by atoms with E-state index in [-0.39, 0.29) is 17.1 Å². The number of halogens is 1. The van der Waals surface area contributed by atoms with E-state index in [9.17, 15) is 19.3 Å². The molecule has 2 aromatic carbocycles. The number of non-ortho nitro benzene ring substituents is 1. The fourth-order valence-electron chi connectivity index (χ4n) is 1.57. The maximum atomic E-state index is 13.0. The molecule has 2 N–H and O–H groups in total. The molecule has 112 valence electrons. The van der Waals surface area contributed by atoms with Crippen LogP contribution >= 0.6 is 0 Å². The van der Waals surface area contributed by atoms with Gasteiger partial charge in [-0.05, 0) is 30.3 Å². The predicted molar refractivity (Wildman–Crippen MR) is 75.6 cm³/mol. The molecule has 0 aliphatic carbocycles. The summed E-state index contributed by atoms with van der Waals surface area (Å²) < 4.78 is 13.0. The number of oxime groups is 1. The highest BCUT2D eigenvalue weighted by molar-refractivity contribution is 5.98. The Kier molecular flexibility index (Phi) is 4.42. The molecule has 8 heteroatoms. The summed E-state index contributed by atoms with van der Waals surface area (Å²) in [7, 11) is 0. The van der Waals surface area contributed by atoms with Gasteiger partial charge in [0.05, 0.1) is 10.5 Å². The van der Waals surface area contributed by atoms with Crippen LogP contribution in [0.25, 0.3) is 0 Å². The molecule has 0 amide bonds. The first-order valence-electron chi connectivity index (χ1n) is 6.02. The lowest BCUT2D eigenvalue weighted by Crippen LogP contribution is -2.15. The highest BCUT2D eigenvalue weighted by Crippen LogP contribution is 2.12. The Balaban J connectivity index is 2.09. The van der Waals surface area contributed by atoms with Crippen molar-refractivity contribution in [1.82, 2.24) is 0 Å². The summed E-state index contributed by atoms with van der Waals surface area (Å²) in [4.78, 5) is 26.2. The van der Waals surface area contributed by atoms with E-state index in [1.165, 1.54) is 42.5 Å². The zero-order chi connectivity index (χ0) is 16.1. The van der Waals surface area contributed by atoms with Crippen LogP contribution in [0.1, 0.15) is 15.9 Å². The van der Waals surface area contributed by atoms with Gasteiger partial charge in [0.1, 0.15) is 5.82 Å². The third-order valence-electron chi connectivity index (χ3n) is 2.66. The molecule has 0 aromatic heterocycles. The van der Waals surface area contributed by atoms with E-state index in [4.69, 9.17) is 5.73 Å². The molecule has 0 fully saturated rings. The molecule has 0 spiro atoms. The summed E-state index contributed by atoms with van der Waals surface area (Å²) in [5, 5.41) is 14.0. The number of carbonyl (C=O) groups is 1. The van der Waals surface area contributed by atoms with Crippen LogP contribution < -0.4 is 5.73 Å². The SMILES string of the molecule is N/C(=N\OC(=O)c1cccc(F)c1)c1ccc([N+](=O)[O-])cc1. The van der Waals surface area contributed by atoms with Crippen LogP contribution in [0.4, 0.5) is 10.1 Å². The van der Waals surface area contributed by atoms with Gasteiger partial charge in [0, 0.05) is 17.7 Å². The van der Waals surface area contributed by atoms with Crippen LogP contribution in [0.15, 0.2) is 53.7 Å². The summed E-state index contributed by atoms with van der Waals surface area (Å²) in [6, 6.07) is 10.1. The molecule has 0 bridgehead atoms. The highest BCUT2D eigenvalue weighted by Gasteiger charge is 2.10. The lowest BCUT2D eigenvalue weighted by Gasteiger charge is -2.01. The summed E-state index contributed by atoms with van der Waals surface area (Å²) in [6.45, 7) is 0. The van der Waals surface area contributed by atoms with Gasteiger partial charge in [0.2, 0.25) is 0 Å². The van der Waals surface area contributed by atoms with Crippen molar-refractivity contribution in [2.24, 2.45) is 10.9 Å². The Morgan fingerprint density at radius 3 is 2.45 bits per heavy atom. The van der Waals surface area contributed by atoms with Crippen LogP contribution in [-0.2, 0) is 4.84 Å². The molecule has 0 atom stereocenters. The van der Waals surface area contributed by atoms with Gasteiger partial charge >= 0.3 is 5.97 Å². The number of nitrogens with zero attached hydrogens (tertiary/aromatic N) is 2. The van der Waals surface area contributed by atoms with Gasteiger partial charge in [-0.1, -0.05) is 11.2 Å². The van der Waals surface area contributed by atoms with Crippen molar-refractivity contribution >= 4 is 17.5 Å². The lowest BCUT2D eigenvalue weighted by molar-refractivity contribution is -0.384. The number of carbonyl (C=O) groups excluding carboxylic acids is 1. The Morgan fingerprint density at radius 1 is 1.18 bits per heavy atom. The number of amidine groups is 1. The van der Waals surface area contributed by atoms with Crippen LogP contribution in [0.3, 0.4) is 0 Å². The van der Waals surface area contributed by atoms with E-state index in [0.29, 0.717) is 5.56 Å². The van der Waals surface area contributed by atoms with Crippen molar-refractivity contribution in [3.63, 3.8) is 0 Å². The first-order chi connectivity index (χ1) is 10.5. The summed E-state index contributed by atoms with van der Waals surface area (Å²) in [6.07, 6.45) is 0. The zero-order valence-electron chi connectivity index (χ0n) is 11.1. The molecular weight excluding hydrogens is 293 g/mol. The van der Waals surface area contributed by atoms with Crippen LogP contribution in [0.5, 0.6) is 0 Å². The average molecular weight is 303 g/mol. The van der Waals surface area contributed by atoms with E-state index in [2.05, 4.69) is 9.99 Å². The molecule has 0 radical (unpaired) electrons. The van der Waals surface area contributed by atoms with Crippen LogP contribution in [0, 0.1) is 15.9 Å². The smallest absolute Gasteiger partial charge is 0.365 e. The fourth-order valence-corrected chi connectivity index (χ4v) is 1.57. The van der Waals surface area contributed by atoms with Gasteiger partial charge in [0.15, 0.2) is 5.84 Å². The molecule has 2 aromatic rings. The summed E-state index contributed by atoms with van der Waals surface area (Å²) >= 11 is 0.